The van der Waals surface area contributed by atoms with Gasteiger partial charge in [0.15, 0.2) is 0 Å². The first-order valence-corrected chi connectivity index (χ1v) is 6.35. The van der Waals surface area contributed by atoms with Crippen molar-refractivity contribution in [1.29, 1.82) is 5.26 Å². The van der Waals surface area contributed by atoms with Crippen LogP contribution in [0.1, 0.15) is 11.3 Å². The van der Waals surface area contributed by atoms with Gasteiger partial charge in [0.05, 0.1) is 0 Å². The van der Waals surface area contributed by atoms with Crippen LogP contribution >= 0.6 is 0 Å². The van der Waals surface area contributed by atoms with Crippen LogP contribution in [0, 0.1) is 11.3 Å². The summed E-state index contributed by atoms with van der Waals surface area (Å²) in [5.74, 6) is 0.673. The van der Waals surface area contributed by atoms with E-state index in [2.05, 4.69) is 15.3 Å². The number of amides is 1. The van der Waals surface area contributed by atoms with Crippen molar-refractivity contribution in [3.8, 4) is 17.7 Å². The molecule has 112 valence electrons. The first-order valence-electron chi connectivity index (χ1n) is 6.35. The number of hydrogen-bond acceptors (Lipinski definition) is 6. The zero-order valence-corrected chi connectivity index (χ0v) is 11.5. The second kappa shape index (κ2) is 6.90. The largest absolute Gasteiger partial charge is 0.465 e. The fourth-order valence-electron chi connectivity index (χ4n) is 1.71. The molecule has 1 amide bonds. The molecule has 0 aliphatic rings. The lowest BCUT2D eigenvalue weighted by atomic mass is 10.1. The van der Waals surface area contributed by atoms with Crippen LogP contribution in [0.5, 0.6) is 11.6 Å². The number of ether oxygens (including phenoxy) is 1. The van der Waals surface area contributed by atoms with Gasteiger partial charge in [0.25, 0.3) is 0 Å². The lowest BCUT2D eigenvalue weighted by molar-refractivity contribution is 0.194. The first kappa shape index (κ1) is 15.1. The minimum Gasteiger partial charge on any atom is -0.465 e. The lowest BCUT2D eigenvalue weighted by Crippen LogP contribution is -2.23. The number of nitrogen functional groups attached to an aromatic ring is 1. The summed E-state index contributed by atoms with van der Waals surface area (Å²) in [5.41, 5.74) is 6.57. The molecule has 0 saturated heterocycles. The average molecular weight is 299 g/mol. The number of hydrogen-bond donors (Lipinski definition) is 3. The number of aromatic nitrogens is 2. The van der Waals surface area contributed by atoms with Crippen molar-refractivity contribution < 1.29 is 14.6 Å². The molecular weight excluding hydrogens is 286 g/mol. The molecule has 4 N–H and O–H groups in total. The Balaban J connectivity index is 2.01. The maximum absolute atomic E-state index is 10.4. The van der Waals surface area contributed by atoms with Gasteiger partial charge in [-0.1, -0.05) is 12.1 Å². The van der Waals surface area contributed by atoms with Crippen molar-refractivity contribution >= 4 is 12.0 Å². The molecule has 1 aromatic carbocycles. The highest BCUT2D eigenvalue weighted by molar-refractivity contribution is 5.64. The Morgan fingerprint density at radius 3 is 2.73 bits per heavy atom. The maximum atomic E-state index is 10.4. The molecule has 0 unspecified atom stereocenters. The fourth-order valence-corrected chi connectivity index (χ4v) is 1.71. The van der Waals surface area contributed by atoms with Gasteiger partial charge in [-0.25, -0.2) is 9.78 Å². The number of nitrogens with one attached hydrogen (secondary N) is 1. The maximum Gasteiger partial charge on any atom is 0.404 e. The molecule has 8 heteroatoms. The number of nitrogens with two attached hydrogens (primary N) is 1. The summed E-state index contributed by atoms with van der Waals surface area (Å²) in [6.07, 6.45) is -0.472. The van der Waals surface area contributed by atoms with Gasteiger partial charge < -0.3 is 20.9 Å². The summed E-state index contributed by atoms with van der Waals surface area (Å²) in [6.45, 7) is 0.337. The van der Waals surface area contributed by atoms with Crippen molar-refractivity contribution in [2.75, 3.05) is 12.3 Å². The average Bonchev–Trinajstić information content (AvgIpc) is 2.48. The summed E-state index contributed by atoms with van der Waals surface area (Å²) in [6, 6.07) is 10.3. The monoisotopic (exact) mass is 299 g/mol. The van der Waals surface area contributed by atoms with E-state index in [0.29, 0.717) is 18.7 Å². The summed E-state index contributed by atoms with van der Waals surface area (Å²) in [5, 5.41) is 19.6. The zero-order chi connectivity index (χ0) is 15.9. The van der Waals surface area contributed by atoms with Crippen molar-refractivity contribution in [3.05, 3.63) is 41.6 Å². The van der Waals surface area contributed by atoms with Crippen LogP contribution in [0.25, 0.3) is 0 Å². The van der Waals surface area contributed by atoms with E-state index in [1.165, 1.54) is 6.07 Å². The first-order chi connectivity index (χ1) is 10.6. The number of carboxylic acid groups (broad SMARTS) is 1. The Kier molecular flexibility index (Phi) is 4.72. The van der Waals surface area contributed by atoms with Crippen LogP contribution in [0.15, 0.2) is 30.3 Å². The summed E-state index contributed by atoms with van der Waals surface area (Å²) >= 11 is 0. The summed E-state index contributed by atoms with van der Waals surface area (Å²) < 4.78 is 5.51. The Bertz CT molecular complexity index is 709. The molecule has 2 rings (SSSR count). The standard InChI is InChI=1S/C14H13N5O3/c15-8-10-7-12(19-13(16)18-10)22-11-3-1-9(2-4-11)5-6-17-14(20)21/h1-4,7,17H,5-6H2,(H,20,21)(H2,16,18,19). The van der Waals surface area contributed by atoms with Crippen LogP contribution in [-0.4, -0.2) is 27.7 Å². The summed E-state index contributed by atoms with van der Waals surface area (Å²) in [4.78, 5) is 18.0. The quantitative estimate of drug-likeness (QED) is 0.762. The van der Waals surface area contributed by atoms with Crippen molar-refractivity contribution in [1.82, 2.24) is 15.3 Å². The summed E-state index contributed by atoms with van der Waals surface area (Å²) in [7, 11) is 0. The van der Waals surface area contributed by atoms with Gasteiger partial charge in [0.2, 0.25) is 11.8 Å². The highest BCUT2D eigenvalue weighted by Gasteiger charge is 2.05. The molecule has 0 atom stereocenters. The molecule has 0 bridgehead atoms. The minimum atomic E-state index is -1.05. The number of benzene rings is 1. The van der Waals surface area contributed by atoms with E-state index in [1.807, 2.05) is 18.2 Å². The lowest BCUT2D eigenvalue weighted by Gasteiger charge is -2.07. The number of nitriles is 1. The smallest absolute Gasteiger partial charge is 0.404 e. The van der Waals surface area contributed by atoms with E-state index < -0.39 is 6.09 Å². The van der Waals surface area contributed by atoms with Crippen molar-refractivity contribution in [2.24, 2.45) is 0 Å². The second-order valence-electron chi connectivity index (χ2n) is 4.29. The van der Waals surface area contributed by atoms with E-state index >= 15 is 0 Å². The van der Waals surface area contributed by atoms with Gasteiger partial charge in [0, 0.05) is 12.6 Å². The second-order valence-corrected chi connectivity index (χ2v) is 4.29. The molecule has 0 saturated carbocycles. The Labute approximate surface area is 126 Å². The van der Waals surface area contributed by atoms with Gasteiger partial charge in [-0.15, -0.1) is 0 Å². The normalized spacial score (nSPS) is 9.77. The van der Waals surface area contributed by atoms with Gasteiger partial charge in [-0.3, -0.25) is 0 Å². The predicted molar refractivity (Wildman–Crippen MR) is 77.4 cm³/mol. The fraction of sp³-hybridized carbons (Fsp3) is 0.143. The van der Waals surface area contributed by atoms with E-state index in [-0.39, 0.29) is 17.5 Å². The number of carbonyl (C=O) groups is 1. The molecule has 2 aromatic rings. The third-order valence-corrected chi connectivity index (χ3v) is 2.67. The highest BCUT2D eigenvalue weighted by atomic mass is 16.5. The van der Waals surface area contributed by atoms with Crippen LogP contribution in [-0.2, 0) is 6.42 Å². The molecule has 1 heterocycles. The van der Waals surface area contributed by atoms with Crippen LogP contribution in [0.3, 0.4) is 0 Å². The minimum absolute atomic E-state index is 0.0367. The van der Waals surface area contributed by atoms with E-state index in [9.17, 15) is 4.79 Å². The number of nitrogens with zero attached hydrogens (tertiary/aromatic N) is 3. The third kappa shape index (κ3) is 4.35. The molecule has 0 aliphatic carbocycles. The van der Waals surface area contributed by atoms with Gasteiger partial charge >= 0.3 is 6.09 Å². The molecule has 22 heavy (non-hydrogen) atoms. The topological polar surface area (TPSA) is 134 Å². The molecular formula is C14H13N5O3. The van der Waals surface area contributed by atoms with Gasteiger partial charge in [-0.2, -0.15) is 10.2 Å². The predicted octanol–water partition coefficient (Wildman–Crippen LogP) is 1.53. The van der Waals surface area contributed by atoms with Crippen LogP contribution in [0.4, 0.5) is 10.7 Å². The number of rotatable bonds is 5. The molecule has 8 nitrogen and oxygen atoms in total. The Morgan fingerprint density at radius 1 is 1.36 bits per heavy atom. The highest BCUT2D eigenvalue weighted by Crippen LogP contribution is 2.21. The van der Waals surface area contributed by atoms with Crippen molar-refractivity contribution in [3.63, 3.8) is 0 Å². The third-order valence-electron chi connectivity index (χ3n) is 2.67. The van der Waals surface area contributed by atoms with E-state index in [4.69, 9.17) is 20.8 Å². The van der Waals surface area contributed by atoms with Gasteiger partial charge in [0.1, 0.15) is 17.5 Å². The molecule has 0 spiro atoms. The van der Waals surface area contributed by atoms with E-state index in [0.717, 1.165) is 5.56 Å². The molecule has 0 radical (unpaired) electrons. The molecule has 0 fully saturated rings. The Hall–Kier alpha value is -3.34. The number of anilines is 1. The van der Waals surface area contributed by atoms with Crippen LogP contribution < -0.4 is 15.8 Å². The zero-order valence-electron chi connectivity index (χ0n) is 11.5. The molecule has 0 aliphatic heterocycles. The Morgan fingerprint density at radius 2 is 2.09 bits per heavy atom. The van der Waals surface area contributed by atoms with Gasteiger partial charge in [-0.05, 0) is 24.1 Å². The SMILES string of the molecule is N#Cc1cc(Oc2ccc(CCNC(=O)O)cc2)nc(N)n1. The molecule has 1 aromatic heterocycles. The van der Waals surface area contributed by atoms with Crippen molar-refractivity contribution in [2.45, 2.75) is 6.42 Å². The van der Waals surface area contributed by atoms with E-state index in [1.54, 1.807) is 12.1 Å². The van der Waals surface area contributed by atoms with Crippen LogP contribution in [0.2, 0.25) is 0 Å².